The number of para-hydroxylation sites is 1. The van der Waals surface area contributed by atoms with Gasteiger partial charge in [0.05, 0.1) is 12.2 Å². The third kappa shape index (κ3) is 5.50. The first-order valence-corrected chi connectivity index (χ1v) is 9.61. The maximum Gasteiger partial charge on any atom is 0.248 e. The zero-order valence-corrected chi connectivity index (χ0v) is 16.6. The molecule has 1 saturated heterocycles. The average molecular weight is 382 g/mol. The molecular formula is C23H27FN2O2. The van der Waals surface area contributed by atoms with Crippen molar-refractivity contribution < 1.29 is 13.9 Å². The SMILES string of the molecule is C/C(=C/C(=O)Nc1ccccc1CN1CC(C)OC(C)C1)c1ccc(F)cc1. The molecule has 0 saturated carbocycles. The molecule has 5 heteroatoms. The summed E-state index contributed by atoms with van der Waals surface area (Å²) in [4.78, 5) is 14.9. The molecule has 0 bridgehead atoms. The summed E-state index contributed by atoms with van der Waals surface area (Å²) in [7, 11) is 0. The molecule has 2 atom stereocenters. The molecule has 1 aliphatic rings. The molecule has 1 heterocycles. The number of ether oxygens (including phenoxy) is 1. The van der Waals surface area contributed by atoms with Gasteiger partial charge in [-0.25, -0.2) is 4.39 Å². The Morgan fingerprint density at radius 1 is 1.14 bits per heavy atom. The predicted octanol–water partition coefficient (Wildman–Crippen LogP) is 4.48. The normalized spacial score (nSPS) is 20.8. The zero-order valence-electron chi connectivity index (χ0n) is 16.6. The Hall–Kier alpha value is -2.50. The van der Waals surface area contributed by atoms with Crippen molar-refractivity contribution in [1.29, 1.82) is 0 Å². The number of morpholine rings is 1. The quantitative estimate of drug-likeness (QED) is 0.776. The number of benzene rings is 2. The number of amides is 1. The number of halogens is 1. The highest BCUT2D eigenvalue weighted by Gasteiger charge is 2.22. The van der Waals surface area contributed by atoms with Crippen LogP contribution in [0.25, 0.3) is 5.57 Å². The largest absolute Gasteiger partial charge is 0.373 e. The van der Waals surface area contributed by atoms with E-state index in [0.29, 0.717) is 0 Å². The van der Waals surface area contributed by atoms with Gasteiger partial charge in [-0.15, -0.1) is 0 Å². The summed E-state index contributed by atoms with van der Waals surface area (Å²) in [6.07, 6.45) is 1.95. The molecule has 1 aliphatic heterocycles. The van der Waals surface area contributed by atoms with Crippen LogP contribution in [0.4, 0.5) is 10.1 Å². The second-order valence-corrected chi connectivity index (χ2v) is 7.43. The van der Waals surface area contributed by atoms with Crippen LogP contribution in [0.3, 0.4) is 0 Å². The molecule has 1 N–H and O–H groups in total. The van der Waals surface area contributed by atoms with E-state index < -0.39 is 0 Å². The number of carbonyl (C=O) groups is 1. The van der Waals surface area contributed by atoms with E-state index in [1.807, 2.05) is 31.2 Å². The number of hydrogen-bond acceptors (Lipinski definition) is 3. The number of rotatable bonds is 5. The fraction of sp³-hybridized carbons (Fsp3) is 0.348. The Labute approximate surface area is 166 Å². The number of nitrogens with zero attached hydrogens (tertiary/aromatic N) is 1. The Kier molecular flexibility index (Phi) is 6.60. The Morgan fingerprint density at radius 2 is 1.79 bits per heavy atom. The number of carbonyl (C=O) groups excluding carboxylic acids is 1. The number of anilines is 1. The Bertz CT molecular complexity index is 838. The molecule has 28 heavy (non-hydrogen) atoms. The summed E-state index contributed by atoms with van der Waals surface area (Å²) in [6, 6.07) is 14.0. The Morgan fingerprint density at radius 3 is 2.46 bits per heavy atom. The lowest BCUT2D eigenvalue weighted by Gasteiger charge is -2.35. The summed E-state index contributed by atoms with van der Waals surface area (Å²) in [5, 5.41) is 2.99. The van der Waals surface area contributed by atoms with Gasteiger partial charge in [-0.2, -0.15) is 0 Å². The highest BCUT2D eigenvalue weighted by Crippen LogP contribution is 2.21. The summed E-state index contributed by atoms with van der Waals surface area (Å²) >= 11 is 0. The molecular weight excluding hydrogens is 355 g/mol. The second-order valence-electron chi connectivity index (χ2n) is 7.43. The molecule has 2 aromatic carbocycles. The average Bonchev–Trinajstić information content (AvgIpc) is 2.63. The lowest BCUT2D eigenvalue weighted by atomic mass is 10.1. The van der Waals surface area contributed by atoms with Gasteiger partial charge < -0.3 is 10.1 Å². The van der Waals surface area contributed by atoms with Crippen molar-refractivity contribution in [2.24, 2.45) is 0 Å². The Balaban J connectivity index is 1.69. The lowest BCUT2D eigenvalue weighted by Crippen LogP contribution is -2.44. The van der Waals surface area contributed by atoms with E-state index in [-0.39, 0.29) is 23.9 Å². The van der Waals surface area contributed by atoms with E-state index in [1.54, 1.807) is 18.2 Å². The fourth-order valence-corrected chi connectivity index (χ4v) is 3.60. The van der Waals surface area contributed by atoms with Gasteiger partial charge in [0.25, 0.3) is 0 Å². The highest BCUT2D eigenvalue weighted by atomic mass is 19.1. The van der Waals surface area contributed by atoms with E-state index in [1.165, 1.54) is 12.1 Å². The molecule has 0 radical (unpaired) electrons. The number of allylic oxidation sites excluding steroid dienone is 1. The van der Waals surface area contributed by atoms with Crippen molar-refractivity contribution in [2.45, 2.75) is 39.5 Å². The standard InChI is InChI=1S/C23H27FN2O2/c1-16(19-8-10-21(24)11-9-19)12-23(27)25-22-7-5-4-6-20(22)15-26-13-17(2)28-18(3)14-26/h4-12,17-18H,13-15H2,1-3H3,(H,25,27)/b16-12-. The van der Waals surface area contributed by atoms with E-state index >= 15 is 0 Å². The van der Waals surface area contributed by atoms with Crippen LogP contribution in [0.2, 0.25) is 0 Å². The van der Waals surface area contributed by atoms with E-state index in [4.69, 9.17) is 4.74 Å². The van der Waals surface area contributed by atoms with Crippen molar-refractivity contribution in [1.82, 2.24) is 4.90 Å². The predicted molar refractivity (Wildman–Crippen MR) is 110 cm³/mol. The van der Waals surface area contributed by atoms with Crippen LogP contribution in [-0.4, -0.2) is 36.1 Å². The molecule has 0 aliphatic carbocycles. The summed E-state index contributed by atoms with van der Waals surface area (Å²) in [6.45, 7) is 8.51. The molecule has 2 aromatic rings. The third-order valence-electron chi connectivity index (χ3n) is 4.81. The summed E-state index contributed by atoms with van der Waals surface area (Å²) < 4.78 is 18.9. The van der Waals surface area contributed by atoms with Crippen LogP contribution in [0.1, 0.15) is 31.9 Å². The first-order valence-electron chi connectivity index (χ1n) is 9.61. The molecule has 3 rings (SSSR count). The maximum atomic E-state index is 13.1. The van der Waals surface area contributed by atoms with Crippen molar-refractivity contribution in [2.75, 3.05) is 18.4 Å². The van der Waals surface area contributed by atoms with Gasteiger partial charge in [0, 0.05) is 31.4 Å². The minimum atomic E-state index is -0.290. The minimum absolute atomic E-state index is 0.196. The van der Waals surface area contributed by atoms with Crippen LogP contribution < -0.4 is 5.32 Å². The van der Waals surface area contributed by atoms with Crippen molar-refractivity contribution in [3.63, 3.8) is 0 Å². The molecule has 2 unspecified atom stereocenters. The summed E-state index contributed by atoms with van der Waals surface area (Å²) in [5.41, 5.74) is 3.49. The maximum absolute atomic E-state index is 13.1. The third-order valence-corrected chi connectivity index (χ3v) is 4.81. The number of nitrogens with one attached hydrogen (secondary N) is 1. The van der Waals surface area contributed by atoms with Crippen LogP contribution >= 0.6 is 0 Å². The van der Waals surface area contributed by atoms with Gasteiger partial charge in [-0.1, -0.05) is 30.3 Å². The van der Waals surface area contributed by atoms with Crippen LogP contribution in [0.15, 0.2) is 54.6 Å². The minimum Gasteiger partial charge on any atom is -0.373 e. The van der Waals surface area contributed by atoms with E-state index in [0.717, 1.165) is 42.0 Å². The van der Waals surface area contributed by atoms with E-state index in [2.05, 4.69) is 24.1 Å². The second kappa shape index (κ2) is 9.13. The van der Waals surface area contributed by atoms with Crippen LogP contribution in [-0.2, 0) is 16.1 Å². The fourth-order valence-electron chi connectivity index (χ4n) is 3.60. The van der Waals surface area contributed by atoms with Gasteiger partial charge in [0.15, 0.2) is 0 Å². The molecule has 1 amide bonds. The van der Waals surface area contributed by atoms with Gasteiger partial charge in [0.1, 0.15) is 5.82 Å². The molecule has 0 aromatic heterocycles. The van der Waals surface area contributed by atoms with Gasteiger partial charge >= 0.3 is 0 Å². The molecule has 0 spiro atoms. The monoisotopic (exact) mass is 382 g/mol. The van der Waals surface area contributed by atoms with Gasteiger partial charge in [-0.3, -0.25) is 9.69 Å². The molecule has 148 valence electrons. The van der Waals surface area contributed by atoms with Crippen molar-refractivity contribution >= 4 is 17.2 Å². The number of hydrogen-bond donors (Lipinski definition) is 1. The summed E-state index contributed by atoms with van der Waals surface area (Å²) in [5.74, 6) is -0.486. The first kappa shape index (κ1) is 20.2. The smallest absolute Gasteiger partial charge is 0.248 e. The van der Waals surface area contributed by atoms with Crippen LogP contribution in [0.5, 0.6) is 0 Å². The van der Waals surface area contributed by atoms with Crippen molar-refractivity contribution in [3.05, 3.63) is 71.6 Å². The van der Waals surface area contributed by atoms with E-state index in [9.17, 15) is 9.18 Å². The topological polar surface area (TPSA) is 41.6 Å². The highest BCUT2D eigenvalue weighted by molar-refractivity contribution is 6.04. The lowest BCUT2D eigenvalue weighted by molar-refractivity contribution is -0.111. The van der Waals surface area contributed by atoms with Crippen LogP contribution in [0, 0.1) is 5.82 Å². The zero-order chi connectivity index (χ0) is 20.1. The first-order chi connectivity index (χ1) is 13.4. The van der Waals surface area contributed by atoms with Gasteiger partial charge in [-0.05, 0) is 55.7 Å². The van der Waals surface area contributed by atoms with Crippen molar-refractivity contribution in [3.8, 4) is 0 Å². The molecule has 1 fully saturated rings. The molecule has 4 nitrogen and oxygen atoms in total. The van der Waals surface area contributed by atoms with Gasteiger partial charge in [0.2, 0.25) is 5.91 Å².